The zero-order valence-electron chi connectivity index (χ0n) is 13.5. The van der Waals surface area contributed by atoms with E-state index in [0.717, 1.165) is 37.0 Å². The molecule has 2 heterocycles. The second-order valence-electron chi connectivity index (χ2n) is 6.98. The molecule has 1 aromatic rings. The molecule has 5 nitrogen and oxygen atoms in total. The molecule has 0 radical (unpaired) electrons. The fraction of sp³-hybridized carbons (Fsp3) is 0.556. The molecule has 1 atom stereocenters. The highest BCUT2D eigenvalue weighted by atomic mass is 16.5. The molecule has 3 amide bonds. The van der Waals surface area contributed by atoms with Crippen LogP contribution in [0.5, 0.6) is 5.75 Å². The summed E-state index contributed by atoms with van der Waals surface area (Å²) >= 11 is 0. The highest BCUT2D eigenvalue weighted by molar-refractivity contribution is 6.07. The van der Waals surface area contributed by atoms with Crippen LogP contribution in [0.15, 0.2) is 24.3 Å². The van der Waals surface area contributed by atoms with Gasteiger partial charge in [-0.2, -0.15) is 0 Å². The maximum absolute atomic E-state index is 12.7. The lowest BCUT2D eigenvalue weighted by molar-refractivity contribution is -0.132. The number of fused-ring (bicyclic) bond motifs is 1. The Morgan fingerprint density at radius 2 is 2.00 bits per heavy atom. The Hall–Kier alpha value is -2.04. The minimum absolute atomic E-state index is 0.0709. The number of hydrogen-bond donors (Lipinski definition) is 0. The lowest BCUT2D eigenvalue weighted by Crippen LogP contribution is -2.41. The molecule has 1 aliphatic carbocycles. The highest BCUT2D eigenvalue weighted by Crippen LogP contribution is 2.38. The average molecular weight is 314 g/mol. The molecule has 0 bridgehead atoms. The Labute approximate surface area is 136 Å². The van der Waals surface area contributed by atoms with Crippen molar-refractivity contribution in [2.45, 2.75) is 57.2 Å². The summed E-state index contributed by atoms with van der Waals surface area (Å²) in [6.45, 7) is 2.86. The number of hydrogen-bond acceptors (Lipinski definition) is 3. The van der Waals surface area contributed by atoms with Gasteiger partial charge in [0.05, 0.1) is 12.6 Å². The largest absolute Gasteiger partial charge is 0.490 e. The van der Waals surface area contributed by atoms with E-state index in [0.29, 0.717) is 13.1 Å². The minimum atomic E-state index is -0.638. The van der Waals surface area contributed by atoms with E-state index in [9.17, 15) is 9.59 Å². The van der Waals surface area contributed by atoms with Crippen molar-refractivity contribution in [2.24, 2.45) is 0 Å². The van der Waals surface area contributed by atoms with Crippen LogP contribution in [0.1, 0.15) is 44.6 Å². The van der Waals surface area contributed by atoms with Crippen molar-refractivity contribution in [3.63, 3.8) is 0 Å². The summed E-state index contributed by atoms with van der Waals surface area (Å²) in [4.78, 5) is 28.5. The van der Waals surface area contributed by atoms with Gasteiger partial charge in [0.1, 0.15) is 11.3 Å². The predicted molar refractivity (Wildman–Crippen MR) is 85.0 cm³/mol. The van der Waals surface area contributed by atoms with Crippen molar-refractivity contribution in [3.8, 4) is 5.75 Å². The summed E-state index contributed by atoms with van der Waals surface area (Å²) in [6.07, 6.45) is 5.33. The zero-order valence-corrected chi connectivity index (χ0v) is 13.5. The van der Waals surface area contributed by atoms with E-state index in [2.05, 4.69) is 0 Å². The minimum Gasteiger partial charge on any atom is -0.490 e. The number of imide groups is 1. The standard InChI is InChI=1S/C18H22N2O3/c1-18-10-5-11-20(18)17(22)19(16(18)21)12-13-6-2-3-9-15(13)23-14-7-4-8-14/h2-3,6,9,14H,4-5,7-8,10-12H2,1H3/t18-/m1/s1. The molecule has 0 aromatic heterocycles. The molecule has 122 valence electrons. The van der Waals surface area contributed by atoms with Gasteiger partial charge in [0.15, 0.2) is 0 Å². The lowest BCUT2D eigenvalue weighted by Gasteiger charge is -2.28. The van der Waals surface area contributed by atoms with Crippen LogP contribution < -0.4 is 4.74 Å². The molecule has 4 rings (SSSR count). The quantitative estimate of drug-likeness (QED) is 0.803. The van der Waals surface area contributed by atoms with Gasteiger partial charge in [-0.3, -0.25) is 9.69 Å². The van der Waals surface area contributed by atoms with E-state index in [1.807, 2.05) is 31.2 Å². The van der Waals surface area contributed by atoms with Crippen molar-refractivity contribution < 1.29 is 14.3 Å². The summed E-state index contributed by atoms with van der Waals surface area (Å²) in [5.74, 6) is 0.730. The van der Waals surface area contributed by atoms with Gasteiger partial charge in [0, 0.05) is 12.1 Å². The van der Waals surface area contributed by atoms with E-state index in [-0.39, 0.29) is 18.0 Å². The third-order valence-corrected chi connectivity index (χ3v) is 5.46. The maximum Gasteiger partial charge on any atom is 0.327 e. The van der Waals surface area contributed by atoms with Gasteiger partial charge >= 0.3 is 6.03 Å². The number of urea groups is 1. The molecule has 1 aromatic carbocycles. The van der Waals surface area contributed by atoms with Crippen molar-refractivity contribution in [3.05, 3.63) is 29.8 Å². The first-order valence-corrected chi connectivity index (χ1v) is 8.48. The topological polar surface area (TPSA) is 49.9 Å². The number of carbonyl (C=O) groups excluding carboxylic acids is 2. The molecule has 5 heteroatoms. The molecule has 0 unspecified atom stereocenters. The van der Waals surface area contributed by atoms with Crippen molar-refractivity contribution >= 4 is 11.9 Å². The first-order valence-electron chi connectivity index (χ1n) is 8.48. The molecule has 2 saturated heterocycles. The van der Waals surface area contributed by atoms with Gasteiger partial charge < -0.3 is 9.64 Å². The SMILES string of the molecule is C[C@]12CCCN1C(=O)N(Cc1ccccc1OC1CCC1)C2=O. The summed E-state index contributed by atoms with van der Waals surface area (Å²) < 4.78 is 6.02. The van der Waals surface area contributed by atoms with Gasteiger partial charge in [0.2, 0.25) is 0 Å². The number of rotatable bonds is 4. The first kappa shape index (κ1) is 14.5. The van der Waals surface area contributed by atoms with Gasteiger partial charge in [-0.15, -0.1) is 0 Å². The number of benzene rings is 1. The predicted octanol–water partition coefficient (Wildman–Crippen LogP) is 2.93. The number of nitrogens with zero attached hydrogens (tertiary/aromatic N) is 2. The summed E-state index contributed by atoms with van der Waals surface area (Å²) in [5.41, 5.74) is 0.270. The van der Waals surface area contributed by atoms with E-state index >= 15 is 0 Å². The second-order valence-corrected chi connectivity index (χ2v) is 6.98. The molecule has 3 aliphatic rings. The first-order chi connectivity index (χ1) is 11.1. The normalized spacial score (nSPS) is 27.3. The Balaban J connectivity index is 1.56. The van der Waals surface area contributed by atoms with E-state index < -0.39 is 5.54 Å². The number of ether oxygens (including phenoxy) is 1. The monoisotopic (exact) mass is 314 g/mol. The third-order valence-electron chi connectivity index (χ3n) is 5.46. The van der Waals surface area contributed by atoms with Gasteiger partial charge in [0.25, 0.3) is 5.91 Å². The van der Waals surface area contributed by atoms with Crippen LogP contribution in [0.25, 0.3) is 0 Å². The summed E-state index contributed by atoms with van der Waals surface area (Å²) in [5, 5.41) is 0. The fourth-order valence-electron chi connectivity index (χ4n) is 3.74. The molecule has 0 spiro atoms. The summed E-state index contributed by atoms with van der Waals surface area (Å²) in [6, 6.07) is 7.58. The Morgan fingerprint density at radius 1 is 1.22 bits per heavy atom. The van der Waals surface area contributed by atoms with Crippen LogP contribution in [0.3, 0.4) is 0 Å². The maximum atomic E-state index is 12.7. The Kier molecular flexibility index (Phi) is 3.32. The van der Waals surface area contributed by atoms with E-state index in [1.165, 1.54) is 11.3 Å². The second kappa shape index (κ2) is 5.25. The number of para-hydroxylation sites is 1. The smallest absolute Gasteiger partial charge is 0.327 e. The molecule has 2 aliphatic heterocycles. The number of carbonyl (C=O) groups is 2. The van der Waals surface area contributed by atoms with Gasteiger partial charge in [-0.1, -0.05) is 18.2 Å². The Bertz CT molecular complexity index is 655. The van der Waals surface area contributed by atoms with Crippen LogP contribution in [0.2, 0.25) is 0 Å². The fourth-order valence-corrected chi connectivity index (χ4v) is 3.74. The summed E-state index contributed by atoms with van der Waals surface area (Å²) in [7, 11) is 0. The van der Waals surface area contributed by atoms with Crippen LogP contribution in [-0.4, -0.2) is 39.9 Å². The van der Waals surface area contributed by atoms with Crippen LogP contribution in [0.4, 0.5) is 4.79 Å². The molecule has 0 N–H and O–H groups in total. The molecule has 1 saturated carbocycles. The van der Waals surface area contributed by atoms with Crippen LogP contribution in [-0.2, 0) is 11.3 Å². The molecule has 23 heavy (non-hydrogen) atoms. The van der Waals surface area contributed by atoms with Crippen LogP contribution >= 0.6 is 0 Å². The van der Waals surface area contributed by atoms with Crippen LogP contribution in [0, 0.1) is 0 Å². The Morgan fingerprint density at radius 3 is 2.70 bits per heavy atom. The third kappa shape index (κ3) is 2.21. The zero-order chi connectivity index (χ0) is 16.0. The van der Waals surface area contributed by atoms with Crippen molar-refractivity contribution in [1.29, 1.82) is 0 Å². The van der Waals surface area contributed by atoms with Gasteiger partial charge in [-0.25, -0.2) is 4.79 Å². The van der Waals surface area contributed by atoms with E-state index in [4.69, 9.17) is 4.74 Å². The number of amides is 3. The van der Waals surface area contributed by atoms with E-state index in [1.54, 1.807) is 4.90 Å². The molecular weight excluding hydrogens is 292 g/mol. The molecule has 3 fully saturated rings. The molecular formula is C18H22N2O3. The van der Waals surface area contributed by atoms with Crippen molar-refractivity contribution in [2.75, 3.05) is 6.54 Å². The van der Waals surface area contributed by atoms with Gasteiger partial charge in [-0.05, 0) is 45.1 Å². The lowest BCUT2D eigenvalue weighted by atomic mass is 9.96. The highest BCUT2D eigenvalue weighted by Gasteiger charge is 2.56. The average Bonchev–Trinajstić information content (AvgIpc) is 2.97. The van der Waals surface area contributed by atoms with Crippen molar-refractivity contribution in [1.82, 2.24) is 9.80 Å².